The Kier molecular flexibility index (Phi) is 4.60. The predicted octanol–water partition coefficient (Wildman–Crippen LogP) is 4.09. The standard InChI is InChI=1S/C11H13BrS/c1-9-5-6-10(11(12)8-9)4-2-3-7-13/h2,4-6,8,13H,3,7H2,1H3. The van der Waals surface area contributed by atoms with Gasteiger partial charge in [-0.3, -0.25) is 0 Å². The fraction of sp³-hybridized carbons (Fsp3) is 0.273. The summed E-state index contributed by atoms with van der Waals surface area (Å²) in [5.41, 5.74) is 2.51. The van der Waals surface area contributed by atoms with Crippen LogP contribution in [0.15, 0.2) is 28.7 Å². The Hall–Kier alpha value is -0.210. The highest BCUT2D eigenvalue weighted by Gasteiger charge is 1.94. The van der Waals surface area contributed by atoms with Crippen LogP contribution in [0.2, 0.25) is 0 Å². The van der Waals surface area contributed by atoms with Gasteiger partial charge < -0.3 is 0 Å². The van der Waals surface area contributed by atoms with Gasteiger partial charge in [0.2, 0.25) is 0 Å². The van der Waals surface area contributed by atoms with Crippen molar-refractivity contribution in [3.05, 3.63) is 39.9 Å². The first-order chi connectivity index (χ1) is 6.24. The Morgan fingerprint density at radius 1 is 1.46 bits per heavy atom. The molecule has 1 rings (SSSR count). The minimum Gasteiger partial charge on any atom is -0.179 e. The number of halogens is 1. The number of allylic oxidation sites excluding steroid dienone is 1. The Bertz CT molecular complexity index is 305. The number of benzene rings is 1. The molecule has 13 heavy (non-hydrogen) atoms. The highest BCUT2D eigenvalue weighted by atomic mass is 79.9. The topological polar surface area (TPSA) is 0 Å². The van der Waals surface area contributed by atoms with Gasteiger partial charge in [0, 0.05) is 4.47 Å². The summed E-state index contributed by atoms with van der Waals surface area (Å²) < 4.78 is 1.16. The fourth-order valence-electron chi connectivity index (χ4n) is 1.05. The van der Waals surface area contributed by atoms with E-state index in [-0.39, 0.29) is 0 Å². The maximum atomic E-state index is 4.15. The number of hydrogen-bond acceptors (Lipinski definition) is 1. The third kappa shape index (κ3) is 3.57. The van der Waals surface area contributed by atoms with Gasteiger partial charge >= 0.3 is 0 Å². The number of hydrogen-bond donors (Lipinski definition) is 1. The van der Waals surface area contributed by atoms with Gasteiger partial charge in [-0.1, -0.05) is 40.2 Å². The summed E-state index contributed by atoms with van der Waals surface area (Å²) >= 11 is 7.68. The van der Waals surface area contributed by atoms with Crippen molar-refractivity contribution in [3.63, 3.8) is 0 Å². The van der Waals surface area contributed by atoms with Crippen molar-refractivity contribution >= 4 is 34.6 Å². The van der Waals surface area contributed by atoms with Gasteiger partial charge in [0.15, 0.2) is 0 Å². The summed E-state index contributed by atoms with van der Waals surface area (Å²) in [5, 5.41) is 0. The maximum Gasteiger partial charge on any atom is 0.0250 e. The lowest BCUT2D eigenvalue weighted by Gasteiger charge is -1.99. The van der Waals surface area contributed by atoms with Crippen molar-refractivity contribution in [1.82, 2.24) is 0 Å². The highest BCUT2D eigenvalue weighted by Crippen LogP contribution is 2.19. The van der Waals surface area contributed by atoms with Gasteiger partial charge in [-0.05, 0) is 36.3 Å². The molecule has 0 radical (unpaired) electrons. The molecule has 0 aliphatic rings. The van der Waals surface area contributed by atoms with Crippen molar-refractivity contribution in [2.24, 2.45) is 0 Å². The van der Waals surface area contributed by atoms with Crippen LogP contribution in [0.4, 0.5) is 0 Å². The Labute approximate surface area is 93.6 Å². The van der Waals surface area contributed by atoms with Gasteiger partial charge in [0.1, 0.15) is 0 Å². The molecule has 0 heterocycles. The minimum atomic E-state index is 0.903. The second kappa shape index (κ2) is 5.51. The molecule has 0 fully saturated rings. The van der Waals surface area contributed by atoms with Crippen LogP contribution >= 0.6 is 28.6 Å². The molecule has 0 spiro atoms. The first-order valence-corrected chi connectivity index (χ1v) is 5.70. The summed E-state index contributed by atoms with van der Waals surface area (Å²) in [5.74, 6) is 0.903. The van der Waals surface area contributed by atoms with Crippen LogP contribution in [0.1, 0.15) is 17.5 Å². The van der Waals surface area contributed by atoms with E-state index >= 15 is 0 Å². The molecule has 0 saturated heterocycles. The lowest BCUT2D eigenvalue weighted by molar-refractivity contribution is 1.26. The number of thiol groups is 1. The third-order valence-electron chi connectivity index (χ3n) is 1.75. The fourth-order valence-corrected chi connectivity index (χ4v) is 1.83. The molecule has 0 amide bonds. The van der Waals surface area contributed by atoms with Crippen LogP contribution in [0, 0.1) is 6.92 Å². The van der Waals surface area contributed by atoms with Crippen LogP contribution in [0.3, 0.4) is 0 Å². The van der Waals surface area contributed by atoms with Crippen LogP contribution in [-0.2, 0) is 0 Å². The Balaban J connectivity index is 2.77. The van der Waals surface area contributed by atoms with Crippen molar-refractivity contribution in [1.29, 1.82) is 0 Å². The van der Waals surface area contributed by atoms with Crippen molar-refractivity contribution in [2.75, 3.05) is 5.75 Å². The van der Waals surface area contributed by atoms with E-state index in [2.05, 4.69) is 65.8 Å². The Morgan fingerprint density at radius 3 is 2.85 bits per heavy atom. The lowest BCUT2D eigenvalue weighted by atomic mass is 10.1. The first-order valence-electron chi connectivity index (χ1n) is 4.27. The summed E-state index contributed by atoms with van der Waals surface area (Å²) in [6, 6.07) is 6.36. The predicted molar refractivity (Wildman–Crippen MR) is 66.4 cm³/mol. The van der Waals surface area contributed by atoms with Crippen molar-refractivity contribution < 1.29 is 0 Å². The zero-order chi connectivity index (χ0) is 9.68. The second-order valence-corrected chi connectivity index (χ2v) is 4.24. The molecule has 0 aromatic heterocycles. The summed E-state index contributed by atoms with van der Waals surface area (Å²) in [6.07, 6.45) is 5.28. The van der Waals surface area contributed by atoms with E-state index in [1.54, 1.807) is 0 Å². The van der Waals surface area contributed by atoms with Crippen LogP contribution in [0.5, 0.6) is 0 Å². The number of aryl methyl sites for hydroxylation is 1. The first kappa shape index (κ1) is 10.9. The molecule has 0 bridgehead atoms. The van der Waals surface area contributed by atoms with Gasteiger partial charge in [-0.2, -0.15) is 12.6 Å². The van der Waals surface area contributed by atoms with E-state index in [0.717, 1.165) is 16.6 Å². The highest BCUT2D eigenvalue weighted by molar-refractivity contribution is 9.10. The summed E-state index contributed by atoms with van der Waals surface area (Å²) in [4.78, 5) is 0. The summed E-state index contributed by atoms with van der Waals surface area (Å²) in [6.45, 7) is 2.09. The average molecular weight is 257 g/mol. The van der Waals surface area contributed by atoms with E-state index in [0.29, 0.717) is 0 Å². The largest absolute Gasteiger partial charge is 0.179 e. The van der Waals surface area contributed by atoms with Crippen LogP contribution < -0.4 is 0 Å². The maximum absolute atomic E-state index is 4.15. The number of rotatable bonds is 3. The molecule has 0 aliphatic carbocycles. The molecular weight excluding hydrogens is 244 g/mol. The smallest absolute Gasteiger partial charge is 0.0250 e. The zero-order valence-electron chi connectivity index (χ0n) is 7.63. The van der Waals surface area contributed by atoms with Gasteiger partial charge in [-0.25, -0.2) is 0 Å². The molecule has 1 aromatic carbocycles. The van der Waals surface area contributed by atoms with Crippen molar-refractivity contribution in [2.45, 2.75) is 13.3 Å². The van der Waals surface area contributed by atoms with Crippen molar-refractivity contribution in [3.8, 4) is 0 Å². The SMILES string of the molecule is Cc1ccc(C=CCCS)c(Br)c1. The molecule has 0 aliphatic heterocycles. The summed E-state index contributed by atoms with van der Waals surface area (Å²) in [7, 11) is 0. The van der Waals surface area contributed by atoms with E-state index in [1.807, 2.05) is 0 Å². The molecule has 1 aromatic rings. The molecule has 0 atom stereocenters. The van der Waals surface area contributed by atoms with E-state index in [4.69, 9.17) is 0 Å². The molecule has 70 valence electrons. The van der Waals surface area contributed by atoms with Crippen LogP contribution in [0.25, 0.3) is 6.08 Å². The Morgan fingerprint density at radius 2 is 2.23 bits per heavy atom. The quantitative estimate of drug-likeness (QED) is 0.774. The lowest BCUT2D eigenvalue weighted by Crippen LogP contribution is -1.78. The van der Waals surface area contributed by atoms with E-state index < -0.39 is 0 Å². The van der Waals surface area contributed by atoms with Gasteiger partial charge in [0.25, 0.3) is 0 Å². The molecular formula is C11H13BrS. The van der Waals surface area contributed by atoms with Gasteiger partial charge in [-0.15, -0.1) is 0 Å². The van der Waals surface area contributed by atoms with E-state index in [1.165, 1.54) is 11.1 Å². The minimum absolute atomic E-state index is 0.903. The third-order valence-corrected chi connectivity index (χ3v) is 2.69. The molecule has 2 heteroatoms. The van der Waals surface area contributed by atoms with Gasteiger partial charge in [0.05, 0.1) is 0 Å². The molecule has 0 nitrogen and oxygen atoms in total. The monoisotopic (exact) mass is 256 g/mol. The second-order valence-electron chi connectivity index (χ2n) is 2.94. The molecule has 0 saturated carbocycles. The zero-order valence-corrected chi connectivity index (χ0v) is 10.1. The normalized spacial score (nSPS) is 11.0. The van der Waals surface area contributed by atoms with Crippen LogP contribution in [-0.4, -0.2) is 5.75 Å². The van der Waals surface area contributed by atoms with E-state index in [9.17, 15) is 0 Å². The average Bonchev–Trinajstić information content (AvgIpc) is 2.09. The molecule has 0 N–H and O–H groups in total. The molecule has 0 unspecified atom stereocenters.